The van der Waals surface area contributed by atoms with Gasteiger partial charge in [0.2, 0.25) is 0 Å². The molecule has 2 rings (SSSR count). The summed E-state index contributed by atoms with van der Waals surface area (Å²) in [7, 11) is 4.89. The van der Waals surface area contributed by atoms with E-state index in [0.29, 0.717) is 30.3 Å². The summed E-state index contributed by atoms with van der Waals surface area (Å²) in [6.07, 6.45) is 1.02. The van der Waals surface area contributed by atoms with Gasteiger partial charge in [-0.15, -0.1) is 0 Å². The maximum Gasteiger partial charge on any atom is 0.322 e. The molecule has 0 unspecified atom stereocenters. The van der Waals surface area contributed by atoms with Crippen LogP contribution in [0.15, 0.2) is 18.2 Å². The largest absolute Gasteiger partial charge is 0.497 e. The van der Waals surface area contributed by atoms with Gasteiger partial charge >= 0.3 is 6.03 Å². The summed E-state index contributed by atoms with van der Waals surface area (Å²) in [5, 5.41) is 2.92. The van der Waals surface area contributed by atoms with Crippen molar-refractivity contribution >= 4 is 11.7 Å². The summed E-state index contributed by atoms with van der Waals surface area (Å²) < 4.78 is 15.6. The van der Waals surface area contributed by atoms with Crippen LogP contribution in [0.1, 0.15) is 6.42 Å². The minimum Gasteiger partial charge on any atom is -0.497 e. The zero-order valence-corrected chi connectivity index (χ0v) is 14.7. The molecule has 0 aliphatic carbocycles. The van der Waals surface area contributed by atoms with Crippen LogP contribution in [0.4, 0.5) is 10.5 Å². The van der Waals surface area contributed by atoms with Crippen molar-refractivity contribution in [3.8, 4) is 11.5 Å². The Morgan fingerprint density at radius 1 is 1.12 bits per heavy atom. The van der Waals surface area contributed by atoms with Crippen LogP contribution in [0.3, 0.4) is 0 Å². The fourth-order valence-electron chi connectivity index (χ4n) is 2.71. The number of benzene rings is 1. The van der Waals surface area contributed by atoms with E-state index in [-0.39, 0.29) is 6.03 Å². The smallest absolute Gasteiger partial charge is 0.322 e. The number of anilines is 1. The first kappa shape index (κ1) is 18.4. The first-order valence-electron chi connectivity index (χ1n) is 8.17. The van der Waals surface area contributed by atoms with Crippen molar-refractivity contribution in [3.63, 3.8) is 0 Å². The highest BCUT2D eigenvalue weighted by molar-refractivity contribution is 5.91. The lowest BCUT2D eigenvalue weighted by atomic mass is 10.2. The van der Waals surface area contributed by atoms with Crippen LogP contribution in [0.2, 0.25) is 0 Å². The minimum atomic E-state index is -0.113. The van der Waals surface area contributed by atoms with Gasteiger partial charge in [0.05, 0.1) is 19.9 Å². The summed E-state index contributed by atoms with van der Waals surface area (Å²) >= 11 is 0. The van der Waals surface area contributed by atoms with Gasteiger partial charge < -0.3 is 24.4 Å². The summed E-state index contributed by atoms with van der Waals surface area (Å²) in [5.41, 5.74) is 0.615. The molecule has 24 heavy (non-hydrogen) atoms. The lowest BCUT2D eigenvalue weighted by Crippen LogP contribution is -2.50. The second kappa shape index (κ2) is 9.34. The van der Waals surface area contributed by atoms with Gasteiger partial charge in [-0.1, -0.05) is 0 Å². The Kier molecular flexibility index (Phi) is 7.14. The Bertz CT molecular complexity index is 531. The van der Waals surface area contributed by atoms with Gasteiger partial charge in [-0.2, -0.15) is 0 Å². The highest BCUT2D eigenvalue weighted by Crippen LogP contribution is 2.29. The normalized spacial score (nSPS) is 15.2. The predicted octanol–water partition coefficient (Wildman–Crippen LogP) is 1.89. The SMILES string of the molecule is COCCCN1CCN(C(=O)Nc2cc(OC)ccc2OC)CC1. The number of nitrogens with zero attached hydrogens (tertiary/aromatic N) is 2. The molecule has 1 saturated heterocycles. The molecule has 2 amide bonds. The van der Waals surface area contributed by atoms with E-state index in [1.807, 2.05) is 4.90 Å². The molecular weight excluding hydrogens is 310 g/mol. The van der Waals surface area contributed by atoms with Gasteiger partial charge in [-0.25, -0.2) is 4.79 Å². The first-order valence-corrected chi connectivity index (χ1v) is 8.17. The van der Waals surface area contributed by atoms with Gasteiger partial charge in [-0.05, 0) is 18.6 Å². The molecule has 0 saturated carbocycles. The number of carbonyl (C=O) groups excluding carboxylic acids is 1. The van der Waals surface area contributed by atoms with Crippen molar-refractivity contribution in [1.29, 1.82) is 0 Å². The number of hydrogen-bond acceptors (Lipinski definition) is 5. The Morgan fingerprint density at radius 3 is 2.50 bits per heavy atom. The molecule has 0 aromatic heterocycles. The molecule has 0 spiro atoms. The number of rotatable bonds is 7. The van der Waals surface area contributed by atoms with E-state index in [1.54, 1.807) is 39.5 Å². The van der Waals surface area contributed by atoms with Crippen molar-refractivity contribution in [3.05, 3.63) is 18.2 Å². The fourth-order valence-corrected chi connectivity index (χ4v) is 2.71. The van der Waals surface area contributed by atoms with Crippen LogP contribution < -0.4 is 14.8 Å². The molecule has 7 nitrogen and oxygen atoms in total. The van der Waals surface area contributed by atoms with E-state index < -0.39 is 0 Å². The average molecular weight is 337 g/mol. The lowest BCUT2D eigenvalue weighted by Gasteiger charge is -2.34. The molecule has 1 aliphatic heterocycles. The second-order valence-electron chi connectivity index (χ2n) is 5.67. The van der Waals surface area contributed by atoms with E-state index in [1.165, 1.54) is 0 Å². The number of ether oxygens (including phenoxy) is 3. The monoisotopic (exact) mass is 337 g/mol. The third-order valence-electron chi connectivity index (χ3n) is 4.13. The number of carbonyl (C=O) groups is 1. The number of piperazine rings is 1. The Morgan fingerprint density at radius 2 is 1.88 bits per heavy atom. The summed E-state index contributed by atoms with van der Waals surface area (Å²) in [6.45, 7) is 4.97. The number of urea groups is 1. The highest BCUT2D eigenvalue weighted by atomic mass is 16.5. The third-order valence-corrected chi connectivity index (χ3v) is 4.13. The minimum absolute atomic E-state index is 0.113. The molecular formula is C17H27N3O4. The Labute approximate surface area is 143 Å². The van der Waals surface area contributed by atoms with Crippen LogP contribution in [0, 0.1) is 0 Å². The number of nitrogens with one attached hydrogen (secondary N) is 1. The summed E-state index contributed by atoms with van der Waals surface area (Å²) in [4.78, 5) is 16.7. The molecule has 1 aromatic carbocycles. The van der Waals surface area contributed by atoms with E-state index in [9.17, 15) is 4.79 Å². The van der Waals surface area contributed by atoms with E-state index in [0.717, 1.165) is 32.7 Å². The Balaban J connectivity index is 1.87. The van der Waals surface area contributed by atoms with Crippen LogP contribution in [0.25, 0.3) is 0 Å². The maximum atomic E-state index is 12.5. The topological polar surface area (TPSA) is 63.3 Å². The van der Waals surface area contributed by atoms with E-state index >= 15 is 0 Å². The lowest BCUT2D eigenvalue weighted by molar-refractivity contribution is 0.130. The summed E-state index contributed by atoms with van der Waals surface area (Å²) in [6, 6.07) is 5.23. The number of methoxy groups -OCH3 is 3. The van der Waals surface area contributed by atoms with Crippen LogP contribution in [0.5, 0.6) is 11.5 Å². The first-order chi connectivity index (χ1) is 11.7. The second-order valence-corrected chi connectivity index (χ2v) is 5.67. The molecule has 0 bridgehead atoms. The van der Waals surface area contributed by atoms with Crippen molar-refractivity contribution in [1.82, 2.24) is 9.80 Å². The molecule has 1 fully saturated rings. The Hall–Kier alpha value is -1.99. The molecule has 1 aromatic rings. The molecule has 0 atom stereocenters. The number of amides is 2. The molecule has 1 heterocycles. The standard InChI is InChI=1S/C17H27N3O4/c1-22-12-4-7-19-8-10-20(11-9-19)17(21)18-15-13-14(23-2)5-6-16(15)24-3/h5-6,13H,4,7-12H2,1-3H3,(H,18,21). The van der Waals surface area contributed by atoms with Gasteiger partial charge in [0.1, 0.15) is 11.5 Å². The van der Waals surface area contributed by atoms with Crippen LogP contribution in [-0.4, -0.2) is 76.5 Å². The number of hydrogen-bond donors (Lipinski definition) is 1. The molecule has 1 aliphatic rings. The van der Waals surface area contributed by atoms with Gasteiger partial charge in [0.25, 0.3) is 0 Å². The van der Waals surface area contributed by atoms with Crippen molar-refractivity contribution < 1.29 is 19.0 Å². The maximum absolute atomic E-state index is 12.5. The van der Waals surface area contributed by atoms with Gasteiger partial charge in [-0.3, -0.25) is 4.90 Å². The zero-order valence-electron chi connectivity index (χ0n) is 14.7. The third kappa shape index (κ3) is 5.01. The molecule has 7 heteroatoms. The van der Waals surface area contributed by atoms with Crippen LogP contribution >= 0.6 is 0 Å². The molecule has 0 radical (unpaired) electrons. The van der Waals surface area contributed by atoms with Crippen molar-refractivity contribution in [2.45, 2.75) is 6.42 Å². The van der Waals surface area contributed by atoms with E-state index in [2.05, 4.69) is 10.2 Å². The zero-order chi connectivity index (χ0) is 17.4. The quantitative estimate of drug-likeness (QED) is 0.770. The van der Waals surface area contributed by atoms with Crippen molar-refractivity contribution in [2.75, 3.05) is 66.0 Å². The summed E-state index contributed by atoms with van der Waals surface area (Å²) in [5.74, 6) is 1.29. The molecule has 1 N–H and O–H groups in total. The average Bonchev–Trinajstić information content (AvgIpc) is 2.62. The van der Waals surface area contributed by atoms with Gasteiger partial charge in [0.15, 0.2) is 0 Å². The van der Waals surface area contributed by atoms with Crippen LogP contribution in [-0.2, 0) is 4.74 Å². The van der Waals surface area contributed by atoms with E-state index in [4.69, 9.17) is 14.2 Å². The predicted molar refractivity (Wildman–Crippen MR) is 93.1 cm³/mol. The molecule has 134 valence electrons. The fraction of sp³-hybridized carbons (Fsp3) is 0.588. The van der Waals surface area contributed by atoms with Gasteiger partial charge in [0, 0.05) is 52.5 Å². The van der Waals surface area contributed by atoms with Crippen molar-refractivity contribution in [2.24, 2.45) is 0 Å². The highest BCUT2D eigenvalue weighted by Gasteiger charge is 2.21.